The van der Waals surface area contributed by atoms with E-state index in [-0.39, 0.29) is 11.3 Å². The van der Waals surface area contributed by atoms with Crippen molar-refractivity contribution in [3.63, 3.8) is 0 Å². The zero-order valence-corrected chi connectivity index (χ0v) is 15.8. The summed E-state index contributed by atoms with van der Waals surface area (Å²) in [6.45, 7) is 1.74. The van der Waals surface area contributed by atoms with Crippen LogP contribution in [0.5, 0.6) is 0 Å². The fourth-order valence-corrected chi connectivity index (χ4v) is 3.33. The minimum Gasteiger partial charge on any atom is -0.404 e. The lowest BCUT2D eigenvalue weighted by molar-refractivity contribution is 0.438. The van der Waals surface area contributed by atoms with Gasteiger partial charge in [-0.1, -0.05) is 6.08 Å². The standard InChI is InChI=1S/C22H19F2N5/c1-29-7-6-14(12-29)15-9-21-20(27-11-15)5-4-19(28-21)16(10-25)22(26)13-2-3-17(23)18(24)8-13/h2-6,8-11,26H,7,12,25H2,1H3/b16-10-,26-22?. The Morgan fingerprint density at radius 3 is 2.66 bits per heavy atom. The second kappa shape index (κ2) is 7.52. The first-order valence-corrected chi connectivity index (χ1v) is 9.07. The number of nitrogens with two attached hydrogens (primary N) is 1. The second-order valence-corrected chi connectivity index (χ2v) is 6.97. The molecule has 4 rings (SSSR count). The molecule has 3 aromatic rings. The van der Waals surface area contributed by atoms with Crippen LogP contribution < -0.4 is 5.73 Å². The number of rotatable bonds is 4. The van der Waals surface area contributed by atoms with Crippen molar-refractivity contribution in [1.29, 1.82) is 5.41 Å². The van der Waals surface area contributed by atoms with Gasteiger partial charge in [0, 0.05) is 36.6 Å². The first-order valence-electron chi connectivity index (χ1n) is 9.07. The van der Waals surface area contributed by atoms with Crippen LogP contribution in [0, 0.1) is 17.0 Å². The molecule has 0 aliphatic carbocycles. The summed E-state index contributed by atoms with van der Waals surface area (Å²) in [5.41, 5.74) is 10.3. The topological polar surface area (TPSA) is 78.9 Å². The summed E-state index contributed by atoms with van der Waals surface area (Å²) in [7, 11) is 2.05. The van der Waals surface area contributed by atoms with Crippen LogP contribution in [0.4, 0.5) is 8.78 Å². The molecule has 0 unspecified atom stereocenters. The maximum absolute atomic E-state index is 13.6. The zero-order valence-electron chi connectivity index (χ0n) is 15.8. The average Bonchev–Trinajstić information content (AvgIpc) is 3.16. The summed E-state index contributed by atoms with van der Waals surface area (Å²) < 4.78 is 26.8. The first-order chi connectivity index (χ1) is 14.0. The normalized spacial score (nSPS) is 15.0. The van der Waals surface area contributed by atoms with Crippen molar-refractivity contribution in [2.24, 2.45) is 5.73 Å². The van der Waals surface area contributed by atoms with Crippen LogP contribution in [-0.4, -0.2) is 40.7 Å². The van der Waals surface area contributed by atoms with Gasteiger partial charge in [0.25, 0.3) is 0 Å². The Morgan fingerprint density at radius 2 is 1.97 bits per heavy atom. The number of hydrogen-bond acceptors (Lipinski definition) is 5. The van der Waals surface area contributed by atoms with E-state index in [1.807, 2.05) is 12.3 Å². The lowest BCUT2D eigenvalue weighted by atomic mass is 9.99. The Morgan fingerprint density at radius 1 is 1.14 bits per heavy atom. The number of allylic oxidation sites excluding steroid dienone is 1. The van der Waals surface area contributed by atoms with Crippen molar-refractivity contribution in [3.05, 3.63) is 83.3 Å². The van der Waals surface area contributed by atoms with Crippen LogP contribution in [0.3, 0.4) is 0 Å². The lowest BCUT2D eigenvalue weighted by Crippen LogP contribution is -2.13. The molecule has 0 saturated heterocycles. The van der Waals surface area contributed by atoms with Crippen molar-refractivity contribution in [1.82, 2.24) is 14.9 Å². The third kappa shape index (κ3) is 3.64. The molecule has 0 saturated carbocycles. The predicted molar refractivity (Wildman–Crippen MR) is 110 cm³/mol. The van der Waals surface area contributed by atoms with E-state index in [9.17, 15) is 8.78 Å². The van der Waals surface area contributed by atoms with Gasteiger partial charge >= 0.3 is 0 Å². The Bertz CT molecular complexity index is 1180. The zero-order chi connectivity index (χ0) is 20.5. The lowest BCUT2D eigenvalue weighted by Gasteiger charge is -2.11. The van der Waals surface area contributed by atoms with Gasteiger partial charge in [0.1, 0.15) is 0 Å². The van der Waals surface area contributed by atoms with Crippen LogP contribution in [0.1, 0.15) is 16.8 Å². The van der Waals surface area contributed by atoms with Crippen molar-refractivity contribution < 1.29 is 8.78 Å². The van der Waals surface area contributed by atoms with Gasteiger partial charge in [-0.3, -0.25) is 15.3 Å². The third-order valence-electron chi connectivity index (χ3n) is 4.92. The van der Waals surface area contributed by atoms with Gasteiger partial charge in [-0.2, -0.15) is 0 Å². The van der Waals surface area contributed by atoms with Gasteiger partial charge in [-0.25, -0.2) is 13.8 Å². The van der Waals surface area contributed by atoms with Crippen LogP contribution in [0.15, 0.2) is 54.9 Å². The maximum atomic E-state index is 13.6. The second-order valence-electron chi connectivity index (χ2n) is 6.97. The predicted octanol–water partition coefficient (Wildman–Crippen LogP) is 3.60. The van der Waals surface area contributed by atoms with Crippen LogP contribution >= 0.6 is 0 Å². The molecule has 1 aliphatic rings. The first kappa shape index (κ1) is 18.9. The van der Waals surface area contributed by atoms with E-state index in [0.29, 0.717) is 16.8 Å². The number of likely N-dealkylation sites (N-methyl/N-ethyl adjacent to an activating group) is 1. The fraction of sp³-hybridized carbons (Fsp3) is 0.136. The SMILES string of the molecule is CN1CC=C(c2cnc3ccc(/C(=C/N)C(=N)c4ccc(F)c(F)c4)nc3c2)C1. The minimum absolute atomic E-state index is 0.0394. The summed E-state index contributed by atoms with van der Waals surface area (Å²) in [5.74, 6) is -1.98. The molecule has 146 valence electrons. The molecule has 0 bridgehead atoms. The highest BCUT2D eigenvalue weighted by atomic mass is 19.2. The number of benzene rings is 1. The summed E-state index contributed by atoms with van der Waals surface area (Å²) in [6, 6.07) is 8.79. The van der Waals surface area contributed by atoms with Crippen molar-refractivity contribution in [2.75, 3.05) is 20.1 Å². The average molecular weight is 391 g/mol. The monoisotopic (exact) mass is 391 g/mol. The number of hydrogen-bond donors (Lipinski definition) is 2. The highest BCUT2D eigenvalue weighted by Crippen LogP contribution is 2.25. The number of pyridine rings is 2. The van der Waals surface area contributed by atoms with Crippen molar-refractivity contribution in [3.8, 4) is 0 Å². The quantitative estimate of drug-likeness (QED) is 0.666. The van der Waals surface area contributed by atoms with Gasteiger partial charge in [0.15, 0.2) is 11.6 Å². The summed E-state index contributed by atoms with van der Waals surface area (Å²) >= 11 is 0. The fourth-order valence-electron chi connectivity index (χ4n) is 3.33. The van der Waals surface area contributed by atoms with Gasteiger partial charge < -0.3 is 5.73 Å². The summed E-state index contributed by atoms with van der Waals surface area (Å²) in [6.07, 6.45) is 5.25. The molecule has 2 aromatic heterocycles. The van der Waals surface area contributed by atoms with E-state index < -0.39 is 11.6 Å². The highest BCUT2D eigenvalue weighted by molar-refractivity contribution is 6.30. The van der Waals surface area contributed by atoms with Crippen LogP contribution in [0.25, 0.3) is 22.2 Å². The molecule has 0 radical (unpaired) electrons. The van der Waals surface area contributed by atoms with Crippen LogP contribution in [0.2, 0.25) is 0 Å². The Balaban J connectivity index is 1.71. The van der Waals surface area contributed by atoms with Gasteiger partial charge in [-0.05, 0) is 54.6 Å². The molecule has 0 spiro atoms. The van der Waals surface area contributed by atoms with Gasteiger partial charge in [-0.15, -0.1) is 0 Å². The minimum atomic E-state index is -1.02. The largest absolute Gasteiger partial charge is 0.404 e. The van der Waals surface area contributed by atoms with Gasteiger partial charge in [0.05, 0.1) is 22.4 Å². The number of aromatic nitrogens is 2. The van der Waals surface area contributed by atoms with Crippen molar-refractivity contribution in [2.45, 2.75) is 0 Å². The van der Waals surface area contributed by atoms with E-state index in [1.54, 1.807) is 12.1 Å². The smallest absolute Gasteiger partial charge is 0.159 e. The molecule has 0 atom stereocenters. The molecule has 29 heavy (non-hydrogen) atoms. The summed E-state index contributed by atoms with van der Waals surface area (Å²) in [5, 5.41) is 8.39. The molecule has 0 fully saturated rings. The maximum Gasteiger partial charge on any atom is 0.159 e. The molecular weight excluding hydrogens is 372 g/mol. The number of nitrogens with one attached hydrogen (secondary N) is 1. The molecule has 1 aromatic carbocycles. The molecular formula is C22H19F2N5. The number of halogens is 2. The Labute approximate surface area is 166 Å². The van der Waals surface area contributed by atoms with Crippen molar-refractivity contribution >= 4 is 27.9 Å². The molecule has 3 heterocycles. The highest BCUT2D eigenvalue weighted by Gasteiger charge is 2.16. The van der Waals surface area contributed by atoms with E-state index >= 15 is 0 Å². The summed E-state index contributed by atoms with van der Waals surface area (Å²) in [4.78, 5) is 11.3. The number of fused-ring (bicyclic) bond motifs is 1. The van der Waals surface area contributed by atoms with E-state index in [4.69, 9.17) is 11.1 Å². The van der Waals surface area contributed by atoms with Crippen LogP contribution in [-0.2, 0) is 0 Å². The Hall–Kier alpha value is -3.45. The number of nitrogens with zero attached hydrogens (tertiary/aromatic N) is 3. The van der Waals surface area contributed by atoms with Gasteiger partial charge in [0.2, 0.25) is 0 Å². The van der Waals surface area contributed by atoms with E-state index in [0.717, 1.165) is 36.3 Å². The molecule has 0 amide bonds. The van der Waals surface area contributed by atoms with E-state index in [2.05, 4.69) is 28.0 Å². The molecule has 1 aliphatic heterocycles. The Kier molecular flexibility index (Phi) is 4.90. The molecule has 7 heteroatoms. The van der Waals surface area contributed by atoms with E-state index in [1.165, 1.54) is 17.8 Å². The molecule has 5 nitrogen and oxygen atoms in total. The third-order valence-corrected chi connectivity index (χ3v) is 4.92. The molecule has 3 N–H and O–H groups in total.